The average molecular weight is 278 g/mol. The molecule has 20 heavy (non-hydrogen) atoms. The first-order chi connectivity index (χ1) is 9.77. The zero-order valence-corrected chi connectivity index (χ0v) is 12.8. The molecule has 3 aliphatic rings. The van der Waals surface area contributed by atoms with Crippen LogP contribution in [0.3, 0.4) is 0 Å². The molecule has 3 fully saturated rings. The van der Waals surface area contributed by atoms with Gasteiger partial charge in [0.05, 0.1) is 0 Å². The van der Waals surface area contributed by atoms with Gasteiger partial charge in [0.2, 0.25) is 5.91 Å². The van der Waals surface area contributed by atoms with Gasteiger partial charge in [-0.15, -0.1) is 0 Å². The van der Waals surface area contributed by atoms with Crippen molar-refractivity contribution in [3.63, 3.8) is 0 Å². The summed E-state index contributed by atoms with van der Waals surface area (Å²) in [5.41, 5.74) is 0.562. The van der Waals surface area contributed by atoms with E-state index in [0.717, 1.165) is 19.5 Å². The van der Waals surface area contributed by atoms with E-state index in [-0.39, 0.29) is 0 Å². The number of carbonyl (C=O) groups excluding carboxylic acids is 1. The van der Waals surface area contributed by atoms with Gasteiger partial charge in [-0.1, -0.05) is 19.3 Å². The summed E-state index contributed by atoms with van der Waals surface area (Å²) in [5, 5.41) is 3.46. The van der Waals surface area contributed by atoms with Crippen molar-refractivity contribution in [1.29, 1.82) is 0 Å². The average Bonchev–Trinajstić information content (AvgIpc) is 2.50. The zero-order chi connectivity index (χ0) is 13.8. The van der Waals surface area contributed by atoms with Gasteiger partial charge in [0.25, 0.3) is 0 Å². The van der Waals surface area contributed by atoms with E-state index in [4.69, 9.17) is 0 Å². The minimum atomic E-state index is 0.445. The molecule has 1 amide bonds. The third kappa shape index (κ3) is 3.36. The van der Waals surface area contributed by atoms with Crippen LogP contribution in [0.2, 0.25) is 0 Å². The smallest absolute Gasteiger partial charge is 0.222 e. The Labute approximate surface area is 123 Å². The van der Waals surface area contributed by atoms with Crippen LogP contribution in [-0.4, -0.2) is 37.0 Å². The molecule has 1 aliphatic carbocycles. The van der Waals surface area contributed by atoms with Crippen LogP contribution in [0.25, 0.3) is 0 Å². The molecule has 1 N–H and O–H groups in total. The first kappa shape index (κ1) is 14.4. The molecular formula is C17H30N2O. The van der Waals surface area contributed by atoms with Crippen molar-refractivity contribution in [2.45, 2.75) is 64.2 Å². The SMILES string of the molecule is O=C(CC1CCCCC1)N1CCC2(CCNCC2)CC1. The Balaban J connectivity index is 1.46. The van der Waals surface area contributed by atoms with Crippen LogP contribution in [0.5, 0.6) is 0 Å². The lowest BCUT2D eigenvalue weighted by molar-refractivity contribution is -0.135. The quantitative estimate of drug-likeness (QED) is 0.842. The van der Waals surface area contributed by atoms with Gasteiger partial charge in [0.1, 0.15) is 0 Å². The van der Waals surface area contributed by atoms with Crippen molar-refractivity contribution in [3.8, 4) is 0 Å². The normalized spacial score (nSPS) is 27.7. The first-order valence-electron chi connectivity index (χ1n) is 8.76. The van der Waals surface area contributed by atoms with Crippen molar-refractivity contribution < 1.29 is 4.79 Å². The topological polar surface area (TPSA) is 32.3 Å². The van der Waals surface area contributed by atoms with Crippen molar-refractivity contribution in [2.75, 3.05) is 26.2 Å². The largest absolute Gasteiger partial charge is 0.343 e. The van der Waals surface area contributed by atoms with Gasteiger partial charge in [-0.3, -0.25) is 4.79 Å². The van der Waals surface area contributed by atoms with Crippen molar-refractivity contribution in [1.82, 2.24) is 10.2 Å². The fourth-order valence-corrected chi connectivity index (χ4v) is 4.45. The molecule has 3 heteroatoms. The number of nitrogens with one attached hydrogen (secondary N) is 1. The minimum Gasteiger partial charge on any atom is -0.343 e. The number of hydrogen-bond acceptors (Lipinski definition) is 2. The van der Waals surface area contributed by atoms with E-state index in [1.54, 1.807) is 0 Å². The van der Waals surface area contributed by atoms with Crippen LogP contribution in [0.1, 0.15) is 64.2 Å². The highest BCUT2D eigenvalue weighted by Crippen LogP contribution is 2.39. The van der Waals surface area contributed by atoms with Crippen molar-refractivity contribution in [3.05, 3.63) is 0 Å². The molecule has 0 bridgehead atoms. The second-order valence-corrected chi connectivity index (χ2v) is 7.34. The standard InChI is InChI=1S/C17H30N2O/c20-16(14-15-4-2-1-3-5-15)19-12-8-17(9-13-19)6-10-18-11-7-17/h15,18H,1-14H2. The Morgan fingerprint density at radius 3 is 2.30 bits per heavy atom. The van der Waals surface area contributed by atoms with Crippen molar-refractivity contribution in [2.24, 2.45) is 11.3 Å². The predicted octanol–water partition coefficient (Wildman–Crippen LogP) is 2.95. The van der Waals surface area contributed by atoms with E-state index in [1.165, 1.54) is 70.9 Å². The number of hydrogen-bond donors (Lipinski definition) is 1. The maximum atomic E-state index is 12.5. The predicted molar refractivity (Wildman–Crippen MR) is 81.5 cm³/mol. The van der Waals surface area contributed by atoms with E-state index in [2.05, 4.69) is 10.2 Å². The van der Waals surface area contributed by atoms with E-state index >= 15 is 0 Å². The Hall–Kier alpha value is -0.570. The summed E-state index contributed by atoms with van der Waals surface area (Å²) < 4.78 is 0. The van der Waals surface area contributed by atoms with Gasteiger partial charge in [0.15, 0.2) is 0 Å². The maximum Gasteiger partial charge on any atom is 0.222 e. The molecule has 0 atom stereocenters. The summed E-state index contributed by atoms with van der Waals surface area (Å²) in [7, 11) is 0. The Kier molecular flexibility index (Phi) is 4.65. The van der Waals surface area contributed by atoms with Gasteiger partial charge in [-0.05, 0) is 62.9 Å². The number of carbonyl (C=O) groups is 1. The second kappa shape index (κ2) is 6.46. The van der Waals surface area contributed by atoms with Crippen LogP contribution < -0.4 is 5.32 Å². The van der Waals surface area contributed by atoms with E-state index in [1.807, 2.05) is 0 Å². The Bertz CT molecular complexity index is 320. The molecule has 0 radical (unpaired) electrons. The van der Waals surface area contributed by atoms with Crippen LogP contribution >= 0.6 is 0 Å². The lowest BCUT2D eigenvalue weighted by Gasteiger charge is -2.44. The summed E-state index contributed by atoms with van der Waals surface area (Å²) >= 11 is 0. The third-order valence-corrected chi connectivity index (χ3v) is 6.03. The van der Waals surface area contributed by atoms with E-state index in [9.17, 15) is 4.79 Å². The molecular weight excluding hydrogens is 248 g/mol. The number of rotatable bonds is 2. The highest BCUT2D eigenvalue weighted by molar-refractivity contribution is 5.76. The monoisotopic (exact) mass is 278 g/mol. The highest BCUT2D eigenvalue weighted by atomic mass is 16.2. The number of piperidine rings is 2. The summed E-state index contributed by atoms with van der Waals surface area (Å²) in [6, 6.07) is 0. The third-order valence-electron chi connectivity index (χ3n) is 6.03. The van der Waals surface area contributed by atoms with Crippen LogP contribution in [0.4, 0.5) is 0 Å². The fourth-order valence-electron chi connectivity index (χ4n) is 4.45. The molecule has 0 aromatic carbocycles. The molecule has 2 aliphatic heterocycles. The molecule has 1 spiro atoms. The molecule has 0 aromatic rings. The van der Waals surface area contributed by atoms with Gasteiger partial charge < -0.3 is 10.2 Å². The summed E-state index contributed by atoms with van der Waals surface area (Å²) in [5.74, 6) is 1.13. The molecule has 1 saturated carbocycles. The van der Waals surface area contributed by atoms with E-state index in [0.29, 0.717) is 17.2 Å². The lowest BCUT2D eigenvalue weighted by Crippen LogP contribution is -2.47. The Morgan fingerprint density at radius 2 is 1.65 bits per heavy atom. The molecule has 2 saturated heterocycles. The van der Waals surface area contributed by atoms with Gasteiger partial charge in [0, 0.05) is 19.5 Å². The fraction of sp³-hybridized carbons (Fsp3) is 0.941. The van der Waals surface area contributed by atoms with E-state index < -0.39 is 0 Å². The summed E-state index contributed by atoms with van der Waals surface area (Å²) in [4.78, 5) is 14.6. The summed E-state index contributed by atoms with van der Waals surface area (Å²) in [6.07, 6.45) is 12.6. The summed E-state index contributed by atoms with van der Waals surface area (Å²) in [6.45, 7) is 4.39. The molecule has 0 unspecified atom stereocenters. The van der Waals surface area contributed by atoms with Crippen LogP contribution in [0, 0.1) is 11.3 Å². The number of nitrogens with zero attached hydrogens (tertiary/aromatic N) is 1. The zero-order valence-electron chi connectivity index (χ0n) is 12.8. The van der Waals surface area contributed by atoms with Gasteiger partial charge in [-0.25, -0.2) is 0 Å². The molecule has 3 rings (SSSR count). The van der Waals surface area contributed by atoms with Crippen molar-refractivity contribution >= 4 is 5.91 Å². The van der Waals surface area contributed by atoms with Crippen LogP contribution in [0.15, 0.2) is 0 Å². The molecule has 114 valence electrons. The maximum absolute atomic E-state index is 12.5. The molecule has 2 heterocycles. The van der Waals surface area contributed by atoms with Crippen LogP contribution in [-0.2, 0) is 4.79 Å². The Morgan fingerprint density at radius 1 is 1.00 bits per heavy atom. The van der Waals surface area contributed by atoms with Gasteiger partial charge in [-0.2, -0.15) is 0 Å². The molecule has 0 aromatic heterocycles. The number of amides is 1. The number of likely N-dealkylation sites (tertiary alicyclic amines) is 1. The second-order valence-electron chi connectivity index (χ2n) is 7.34. The molecule has 3 nitrogen and oxygen atoms in total. The first-order valence-corrected chi connectivity index (χ1v) is 8.76. The minimum absolute atomic E-state index is 0.445. The highest BCUT2D eigenvalue weighted by Gasteiger charge is 2.36. The van der Waals surface area contributed by atoms with Gasteiger partial charge >= 0.3 is 0 Å². The lowest BCUT2D eigenvalue weighted by atomic mass is 9.71.